The van der Waals surface area contributed by atoms with E-state index in [2.05, 4.69) is 10.4 Å². The molecule has 0 saturated carbocycles. The summed E-state index contributed by atoms with van der Waals surface area (Å²) in [5.74, 6) is 1.06. The van der Waals surface area contributed by atoms with Gasteiger partial charge in [-0.25, -0.2) is 0 Å². The molecule has 0 radical (unpaired) electrons. The van der Waals surface area contributed by atoms with Crippen LogP contribution < -0.4 is 10.1 Å². The van der Waals surface area contributed by atoms with E-state index >= 15 is 0 Å². The second-order valence-electron chi connectivity index (χ2n) is 6.51. The van der Waals surface area contributed by atoms with E-state index in [1.807, 2.05) is 47.8 Å². The van der Waals surface area contributed by atoms with Gasteiger partial charge in [0, 0.05) is 27.9 Å². The number of halogens is 2. The first-order valence-electron chi connectivity index (χ1n) is 9.11. The molecular weight excluding hydrogens is 441 g/mol. The van der Waals surface area contributed by atoms with Crippen molar-refractivity contribution in [1.82, 2.24) is 9.78 Å². The largest absolute Gasteiger partial charge is 0.489 e. The summed E-state index contributed by atoms with van der Waals surface area (Å²) in [4.78, 5) is 13.1. The molecule has 1 N–H and O–H groups in total. The Balaban J connectivity index is 1.35. The van der Waals surface area contributed by atoms with Gasteiger partial charge in [0.05, 0.1) is 11.4 Å². The highest BCUT2D eigenvalue weighted by molar-refractivity contribution is 7.12. The van der Waals surface area contributed by atoms with Crippen LogP contribution in [0.5, 0.6) is 5.75 Å². The Labute approximate surface area is 187 Å². The number of amides is 1. The summed E-state index contributed by atoms with van der Waals surface area (Å²) in [6, 6.07) is 18.5. The molecule has 0 bridgehead atoms. The van der Waals surface area contributed by atoms with Crippen molar-refractivity contribution in [2.24, 2.45) is 0 Å². The Kier molecular flexibility index (Phi) is 6.38. The predicted octanol–water partition coefficient (Wildman–Crippen LogP) is 6.13. The van der Waals surface area contributed by atoms with Gasteiger partial charge in [0.15, 0.2) is 5.82 Å². The molecule has 2 aromatic heterocycles. The lowest BCUT2D eigenvalue weighted by Crippen LogP contribution is -2.11. The maximum atomic E-state index is 12.5. The number of ether oxygens (including phenoxy) is 1. The molecule has 0 aliphatic rings. The number of aromatic nitrogens is 2. The van der Waals surface area contributed by atoms with E-state index in [1.165, 1.54) is 11.3 Å². The van der Waals surface area contributed by atoms with E-state index in [9.17, 15) is 4.79 Å². The summed E-state index contributed by atoms with van der Waals surface area (Å²) in [6.45, 7) is 0.885. The number of nitrogens with one attached hydrogen (secondary N) is 1. The Hall–Kier alpha value is -2.80. The molecule has 1 amide bonds. The van der Waals surface area contributed by atoms with Gasteiger partial charge in [0.2, 0.25) is 0 Å². The van der Waals surface area contributed by atoms with Gasteiger partial charge < -0.3 is 10.1 Å². The average molecular weight is 458 g/mol. The molecule has 0 fully saturated rings. The number of rotatable bonds is 7. The van der Waals surface area contributed by atoms with Crippen LogP contribution >= 0.6 is 34.5 Å². The zero-order chi connectivity index (χ0) is 20.9. The van der Waals surface area contributed by atoms with Gasteiger partial charge in [-0.15, -0.1) is 11.3 Å². The van der Waals surface area contributed by atoms with E-state index in [1.54, 1.807) is 29.1 Å². The molecule has 5 nitrogen and oxygen atoms in total. The number of benzene rings is 2. The van der Waals surface area contributed by atoms with Gasteiger partial charge >= 0.3 is 0 Å². The summed E-state index contributed by atoms with van der Waals surface area (Å²) < 4.78 is 7.43. The van der Waals surface area contributed by atoms with Crippen LogP contribution in [0.3, 0.4) is 0 Å². The number of para-hydroxylation sites is 1. The first-order chi connectivity index (χ1) is 14.6. The minimum Gasteiger partial charge on any atom is -0.489 e. The second kappa shape index (κ2) is 9.34. The van der Waals surface area contributed by atoms with Crippen LogP contribution in [0.2, 0.25) is 10.0 Å². The van der Waals surface area contributed by atoms with Crippen LogP contribution in [0.4, 0.5) is 5.82 Å². The molecule has 0 aliphatic heterocycles. The van der Waals surface area contributed by atoms with Crippen molar-refractivity contribution in [3.63, 3.8) is 0 Å². The van der Waals surface area contributed by atoms with Crippen molar-refractivity contribution < 1.29 is 9.53 Å². The zero-order valence-electron chi connectivity index (χ0n) is 15.7. The highest BCUT2D eigenvalue weighted by Gasteiger charge is 2.12. The average Bonchev–Trinajstić information content (AvgIpc) is 3.39. The number of carbonyl (C=O) groups excluding carboxylic acids is 1. The van der Waals surface area contributed by atoms with Gasteiger partial charge in [0.1, 0.15) is 12.4 Å². The molecule has 0 aliphatic carbocycles. The molecule has 0 unspecified atom stereocenters. The van der Waals surface area contributed by atoms with Crippen molar-refractivity contribution in [3.05, 3.63) is 98.3 Å². The number of carbonyl (C=O) groups is 1. The fraction of sp³-hybridized carbons (Fsp3) is 0.0909. The van der Waals surface area contributed by atoms with Gasteiger partial charge in [-0.3, -0.25) is 9.48 Å². The molecule has 4 rings (SSSR count). The monoisotopic (exact) mass is 457 g/mol. The fourth-order valence-electron chi connectivity index (χ4n) is 2.77. The molecule has 2 aromatic carbocycles. The number of hydrogen-bond donors (Lipinski definition) is 1. The van der Waals surface area contributed by atoms with E-state index < -0.39 is 0 Å². The van der Waals surface area contributed by atoms with Crippen molar-refractivity contribution in [2.75, 3.05) is 5.32 Å². The van der Waals surface area contributed by atoms with Gasteiger partial charge in [0.25, 0.3) is 5.91 Å². The highest BCUT2D eigenvalue weighted by Crippen LogP contribution is 2.22. The third-order valence-electron chi connectivity index (χ3n) is 4.26. The Morgan fingerprint density at radius 3 is 2.73 bits per heavy atom. The maximum absolute atomic E-state index is 12.5. The minimum atomic E-state index is -0.208. The van der Waals surface area contributed by atoms with Crippen LogP contribution in [0.15, 0.2) is 72.2 Å². The standard InChI is InChI=1S/C22H17Cl2N3O2S/c23-17-7-6-16(19(24)11-17)12-27-9-8-21(26-27)25-22(28)20-10-15(14-30-20)13-29-18-4-2-1-3-5-18/h1-11,14H,12-13H2,(H,25,26,28). The molecule has 0 atom stereocenters. The number of nitrogens with zero attached hydrogens (tertiary/aromatic N) is 2. The Bertz CT molecular complexity index is 1160. The summed E-state index contributed by atoms with van der Waals surface area (Å²) in [7, 11) is 0. The van der Waals surface area contributed by atoms with Crippen LogP contribution in [0.25, 0.3) is 0 Å². The van der Waals surface area contributed by atoms with Crippen LogP contribution in [0, 0.1) is 0 Å². The van der Waals surface area contributed by atoms with Crippen molar-refractivity contribution in [2.45, 2.75) is 13.2 Å². The molecule has 0 spiro atoms. The second-order valence-corrected chi connectivity index (χ2v) is 8.26. The summed E-state index contributed by atoms with van der Waals surface area (Å²) in [6.07, 6.45) is 1.79. The molecule has 152 valence electrons. The van der Waals surface area contributed by atoms with Crippen LogP contribution in [0.1, 0.15) is 20.8 Å². The SMILES string of the molecule is O=C(Nc1ccn(Cc2ccc(Cl)cc2Cl)n1)c1cc(COc2ccccc2)cs1. The van der Waals surface area contributed by atoms with Gasteiger partial charge in [-0.05, 0) is 41.3 Å². The molecule has 4 aromatic rings. The number of anilines is 1. The fourth-order valence-corrected chi connectivity index (χ4v) is 4.03. The van der Waals surface area contributed by atoms with Crippen molar-refractivity contribution in [1.29, 1.82) is 0 Å². The molecular formula is C22H17Cl2N3O2S. The number of hydrogen-bond acceptors (Lipinski definition) is 4. The third kappa shape index (κ3) is 5.21. The lowest BCUT2D eigenvalue weighted by atomic mass is 10.2. The predicted molar refractivity (Wildman–Crippen MR) is 121 cm³/mol. The van der Waals surface area contributed by atoms with Crippen LogP contribution in [-0.4, -0.2) is 15.7 Å². The van der Waals surface area contributed by atoms with Gasteiger partial charge in [-0.2, -0.15) is 5.10 Å². The normalized spacial score (nSPS) is 10.7. The lowest BCUT2D eigenvalue weighted by molar-refractivity contribution is 0.103. The lowest BCUT2D eigenvalue weighted by Gasteiger charge is -2.05. The molecule has 0 saturated heterocycles. The summed E-state index contributed by atoms with van der Waals surface area (Å²) in [5, 5.41) is 10.3. The first kappa shape index (κ1) is 20.5. The topological polar surface area (TPSA) is 56.2 Å². The molecule has 8 heteroatoms. The van der Waals surface area contributed by atoms with E-state index in [4.69, 9.17) is 27.9 Å². The van der Waals surface area contributed by atoms with Crippen molar-refractivity contribution in [3.8, 4) is 5.75 Å². The highest BCUT2D eigenvalue weighted by atomic mass is 35.5. The zero-order valence-corrected chi connectivity index (χ0v) is 18.0. The van der Waals surface area contributed by atoms with Gasteiger partial charge in [-0.1, -0.05) is 47.5 Å². The Morgan fingerprint density at radius 1 is 1.10 bits per heavy atom. The smallest absolute Gasteiger partial charge is 0.266 e. The molecule has 30 heavy (non-hydrogen) atoms. The van der Waals surface area contributed by atoms with E-state index in [-0.39, 0.29) is 5.91 Å². The maximum Gasteiger partial charge on any atom is 0.266 e. The number of thiophene rings is 1. The quantitative estimate of drug-likeness (QED) is 0.363. The van der Waals surface area contributed by atoms with E-state index in [0.29, 0.717) is 33.9 Å². The first-order valence-corrected chi connectivity index (χ1v) is 10.7. The summed E-state index contributed by atoms with van der Waals surface area (Å²) >= 11 is 13.5. The Morgan fingerprint density at radius 2 is 1.93 bits per heavy atom. The minimum absolute atomic E-state index is 0.208. The molecule has 2 heterocycles. The summed E-state index contributed by atoms with van der Waals surface area (Å²) in [5.41, 5.74) is 1.83. The van der Waals surface area contributed by atoms with E-state index in [0.717, 1.165) is 16.9 Å². The third-order valence-corrected chi connectivity index (χ3v) is 5.82. The van der Waals surface area contributed by atoms with Crippen molar-refractivity contribution >= 4 is 46.3 Å². The van der Waals surface area contributed by atoms with Crippen LogP contribution in [-0.2, 0) is 13.2 Å².